The minimum absolute atomic E-state index is 0.0426. The predicted octanol–water partition coefficient (Wildman–Crippen LogP) is 1.30. The number of anilines is 1. The molecule has 1 fully saturated rings. The third-order valence-corrected chi connectivity index (χ3v) is 3.10. The Morgan fingerprint density at radius 2 is 2.44 bits per heavy atom. The minimum Gasteiger partial charge on any atom is -0.397 e. The van der Waals surface area contributed by atoms with Crippen molar-refractivity contribution in [3.8, 4) is 0 Å². The van der Waals surface area contributed by atoms with E-state index in [1.807, 2.05) is 4.90 Å². The molecule has 1 unspecified atom stereocenters. The molecule has 0 aromatic carbocycles. The average molecular weight is 249 g/mol. The van der Waals surface area contributed by atoms with Gasteiger partial charge in [-0.05, 0) is 25.0 Å². The van der Waals surface area contributed by atoms with E-state index in [1.54, 1.807) is 12.1 Å². The quantitative estimate of drug-likeness (QED) is 0.858. The highest BCUT2D eigenvalue weighted by Gasteiger charge is 2.23. The summed E-state index contributed by atoms with van der Waals surface area (Å²) < 4.78 is 5.65. The van der Waals surface area contributed by atoms with Gasteiger partial charge in [-0.3, -0.25) is 4.79 Å². The molecule has 5 nitrogen and oxygen atoms in total. The Balaban J connectivity index is 2.09. The van der Waals surface area contributed by atoms with Gasteiger partial charge >= 0.3 is 0 Å². The number of amides is 1. The third kappa shape index (κ3) is 2.98. The predicted molar refractivity (Wildman–Crippen MR) is 69.2 cm³/mol. The number of rotatable bonds is 2. The Hall–Kier alpha value is -1.62. The molecule has 2 heterocycles. The maximum atomic E-state index is 12.3. The number of nitrogens with zero attached hydrogens (tertiary/aromatic N) is 2. The van der Waals surface area contributed by atoms with Gasteiger partial charge in [-0.1, -0.05) is 6.92 Å². The van der Waals surface area contributed by atoms with Crippen LogP contribution in [-0.4, -0.2) is 41.6 Å². The fourth-order valence-electron chi connectivity index (χ4n) is 2.02. The normalized spacial score (nSPS) is 20.5. The van der Waals surface area contributed by atoms with Crippen LogP contribution in [0.15, 0.2) is 18.3 Å². The summed E-state index contributed by atoms with van der Waals surface area (Å²) in [7, 11) is 0. The smallest absolute Gasteiger partial charge is 0.272 e. The summed E-state index contributed by atoms with van der Waals surface area (Å²) in [4.78, 5) is 18.2. The van der Waals surface area contributed by atoms with E-state index in [0.717, 1.165) is 26.0 Å². The summed E-state index contributed by atoms with van der Waals surface area (Å²) in [5.74, 6) is -0.0426. The van der Waals surface area contributed by atoms with Crippen molar-refractivity contribution in [3.63, 3.8) is 0 Å². The summed E-state index contributed by atoms with van der Waals surface area (Å²) in [5.41, 5.74) is 6.58. The molecule has 1 aromatic heterocycles. The number of aromatic nitrogens is 1. The van der Waals surface area contributed by atoms with Crippen LogP contribution < -0.4 is 5.73 Å². The van der Waals surface area contributed by atoms with Gasteiger partial charge in [0.25, 0.3) is 5.91 Å². The highest BCUT2D eigenvalue weighted by molar-refractivity contribution is 5.92. The lowest BCUT2D eigenvalue weighted by Gasteiger charge is -2.22. The van der Waals surface area contributed by atoms with Crippen LogP contribution in [0.2, 0.25) is 0 Å². The van der Waals surface area contributed by atoms with E-state index in [2.05, 4.69) is 11.9 Å². The monoisotopic (exact) mass is 249 g/mol. The van der Waals surface area contributed by atoms with E-state index >= 15 is 0 Å². The second-order valence-electron chi connectivity index (χ2n) is 4.48. The molecule has 0 spiro atoms. The lowest BCUT2D eigenvalue weighted by atomic mass is 10.2. The van der Waals surface area contributed by atoms with Crippen LogP contribution in [0.5, 0.6) is 0 Å². The number of pyridine rings is 1. The minimum atomic E-state index is -0.0426. The van der Waals surface area contributed by atoms with Gasteiger partial charge in [0.1, 0.15) is 5.69 Å². The average Bonchev–Trinajstić information content (AvgIpc) is 2.64. The van der Waals surface area contributed by atoms with Crippen LogP contribution in [0.1, 0.15) is 30.3 Å². The first-order valence-electron chi connectivity index (χ1n) is 6.33. The number of hydrogen-bond donors (Lipinski definition) is 1. The Kier molecular flexibility index (Phi) is 4.15. The van der Waals surface area contributed by atoms with E-state index in [9.17, 15) is 4.79 Å². The summed E-state index contributed by atoms with van der Waals surface area (Å²) in [6, 6.07) is 3.37. The van der Waals surface area contributed by atoms with Crippen molar-refractivity contribution in [1.82, 2.24) is 9.88 Å². The Morgan fingerprint density at radius 3 is 3.11 bits per heavy atom. The summed E-state index contributed by atoms with van der Waals surface area (Å²) in [6.45, 7) is 4.15. The Labute approximate surface area is 107 Å². The molecule has 1 aromatic rings. The topological polar surface area (TPSA) is 68.5 Å². The maximum absolute atomic E-state index is 12.3. The molecule has 0 saturated carbocycles. The molecule has 1 aliphatic heterocycles. The second-order valence-corrected chi connectivity index (χ2v) is 4.48. The van der Waals surface area contributed by atoms with Gasteiger partial charge in [-0.2, -0.15) is 0 Å². The standard InChI is InChI=1S/C13H19N3O2/c1-2-11-9-16(6-3-7-18-11)13(17)12-5-4-10(14)8-15-12/h4-5,8,11H,2-3,6-7,9,14H2,1H3. The highest BCUT2D eigenvalue weighted by Crippen LogP contribution is 2.12. The van der Waals surface area contributed by atoms with Crippen LogP contribution >= 0.6 is 0 Å². The largest absolute Gasteiger partial charge is 0.397 e. The molecule has 0 aliphatic carbocycles. The summed E-state index contributed by atoms with van der Waals surface area (Å²) in [5, 5.41) is 0. The van der Waals surface area contributed by atoms with Crippen molar-refractivity contribution in [2.75, 3.05) is 25.4 Å². The second kappa shape index (κ2) is 5.82. The third-order valence-electron chi connectivity index (χ3n) is 3.10. The zero-order valence-corrected chi connectivity index (χ0v) is 10.6. The fourth-order valence-corrected chi connectivity index (χ4v) is 2.02. The van der Waals surface area contributed by atoms with Crippen molar-refractivity contribution in [3.05, 3.63) is 24.0 Å². The van der Waals surface area contributed by atoms with E-state index in [-0.39, 0.29) is 12.0 Å². The van der Waals surface area contributed by atoms with E-state index in [0.29, 0.717) is 17.9 Å². The number of hydrogen-bond acceptors (Lipinski definition) is 4. The first-order chi connectivity index (χ1) is 8.70. The number of ether oxygens (including phenoxy) is 1. The molecule has 1 aliphatic rings. The van der Waals surface area contributed by atoms with E-state index in [1.165, 1.54) is 6.20 Å². The van der Waals surface area contributed by atoms with Crippen molar-refractivity contribution in [2.45, 2.75) is 25.9 Å². The Bertz CT molecular complexity index is 405. The molecule has 1 saturated heterocycles. The SMILES string of the molecule is CCC1CN(C(=O)c2ccc(N)cn2)CCCO1. The van der Waals surface area contributed by atoms with Crippen LogP contribution in [0, 0.1) is 0 Å². The maximum Gasteiger partial charge on any atom is 0.272 e. The van der Waals surface area contributed by atoms with Gasteiger partial charge in [0.2, 0.25) is 0 Å². The zero-order valence-electron chi connectivity index (χ0n) is 10.6. The molecular formula is C13H19N3O2. The van der Waals surface area contributed by atoms with E-state index in [4.69, 9.17) is 10.5 Å². The zero-order chi connectivity index (χ0) is 13.0. The number of carbonyl (C=O) groups excluding carboxylic acids is 1. The number of nitrogen functional groups attached to an aromatic ring is 1. The summed E-state index contributed by atoms with van der Waals surface area (Å²) in [6.07, 6.45) is 3.43. The van der Waals surface area contributed by atoms with Gasteiger partial charge in [-0.25, -0.2) is 4.98 Å². The molecule has 2 rings (SSSR count). The van der Waals surface area contributed by atoms with Crippen molar-refractivity contribution in [2.24, 2.45) is 0 Å². The molecular weight excluding hydrogens is 230 g/mol. The number of nitrogens with two attached hydrogens (primary N) is 1. The number of carbonyl (C=O) groups is 1. The molecule has 1 atom stereocenters. The summed E-state index contributed by atoms with van der Waals surface area (Å²) >= 11 is 0. The van der Waals surface area contributed by atoms with Gasteiger partial charge in [-0.15, -0.1) is 0 Å². The lowest BCUT2D eigenvalue weighted by Crippen LogP contribution is -2.37. The van der Waals surface area contributed by atoms with Crippen LogP contribution in [0.4, 0.5) is 5.69 Å². The van der Waals surface area contributed by atoms with Crippen molar-refractivity contribution in [1.29, 1.82) is 0 Å². The fraction of sp³-hybridized carbons (Fsp3) is 0.538. The first-order valence-corrected chi connectivity index (χ1v) is 6.33. The molecule has 5 heteroatoms. The van der Waals surface area contributed by atoms with Crippen LogP contribution in [0.25, 0.3) is 0 Å². The van der Waals surface area contributed by atoms with Crippen LogP contribution in [-0.2, 0) is 4.74 Å². The molecule has 98 valence electrons. The van der Waals surface area contributed by atoms with Crippen LogP contribution in [0.3, 0.4) is 0 Å². The molecule has 0 bridgehead atoms. The molecule has 1 amide bonds. The first kappa shape index (κ1) is 12.8. The molecule has 18 heavy (non-hydrogen) atoms. The highest BCUT2D eigenvalue weighted by atomic mass is 16.5. The van der Waals surface area contributed by atoms with Gasteiger partial charge in [0, 0.05) is 19.7 Å². The molecule has 0 radical (unpaired) electrons. The lowest BCUT2D eigenvalue weighted by molar-refractivity contribution is 0.0458. The molecule has 2 N–H and O–H groups in total. The van der Waals surface area contributed by atoms with E-state index < -0.39 is 0 Å². The van der Waals surface area contributed by atoms with Crippen molar-refractivity contribution < 1.29 is 9.53 Å². The van der Waals surface area contributed by atoms with Gasteiger partial charge in [0.15, 0.2) is 0 Å². The van der Waals surface area contributed by atoms with Gasteiger partial charge < -0.3 is 15.4 Å². The van der Waals surface area contributed by atoms with Gasteiger partial charge in [0.05, 0.1) is 18.0 Å². The van der Waals surface area contributed by atoms with Crippen molar-refractivity contribution >= 4 is 11.6 Å². The Morgan fingerprint density at radius 1 is 1.61 bits per heavy atom.